The molecule has 2 heterocycles. The number of carbonyl (C=O) groups excluding carboxylic acids is 2. The number of hydrogen-bond acceptors (Lipinski definition) is 4. The van der Waals surface area contributed by atoms with Crippen LogP contribution >= 0.6 is 0 Å². The summed E-state index contributed by atoms with van der Waals surface area (Å²) >= 11 is 0. The number of hydrogen-bond donors (Lipinski definition) is 1. The molecular formula is C17H19N3O3. The Kier molecular flexibility index (Phi) is 3.67. The van der Waals surface area contributed by atoms with Crippen molar-refractivity contribution in [1.82, 2.24) is 5.16 Å². The monoisotopic (exact) mass is 313 g/mol. The van der Waals surface area contributed by atoms with Gasteiger partial charge in [-0.15, -0.1) is 0 Å². The van der Waals surface area contributed by atoms with Crippen LogP contribution in [0.3, 0.4) is 0 Å². The molecule has 1 aliphatic rings. The van der Waals surface area contributed by atoms with Crippen LogP contribution < -0.4 is 10.6 Å². The molecule has 1 aliphatic heterocycles. The normalized spacial score (nSPS) is 17.9. The van der Waals surface area contributed by atoms with Crippen LogP contribution in [0.5, 0.6) is 0 Å². The Bertz CT molecular complexity index is 762. The summed E-state index contributed by atoms with van der Waals surface area (Å²) < 4.78 is 5.16. The number of carbonyl (C=O) groups is 2. The molecule has 3 rings (SSSR count). The van der Waals surface area contributed by atoms with Crippen LogP contribution in [0.15, 0.2) is 28.8 Å². The summed E-state index contributed by atoms with van der Waals surface area (Å²) in [5, 5.41) is 3.91. The minimum absolute atomic E-state index is 0.173. The average molecular weight is 313 g/mol. The van der Waals surface area contributed by atoms with E-state index in [1.54, 1.807) is 20.8 Å². The van der Waals surface area contributed by atoms with Gasteiger partial charge in [0.1, 0.15) is 11.8 Å². The molecule has 6 nitrogen and oxygen atoms in total. The molecule has 120 valence electrons. The Morgan fingerprint density at radius 2 is 2.04 bits per heavy atom. The fourth-order valence-corrected chi connectivity index (χ4v) is 3.33. The topological polar surface area (TPSA) is 89.4 Å². The number of primary amides is 1. The second-order valence-corrected chi connectivity index (χ2v) is 5.92. The smallest absolute Gasteiger partial charge is 0.240 e. The molecule has 2 N–H and O–H groups in total. The lowest BCUT2D eigenvalue weighted by molar-refractivity contribution is -0.124. The fraction of sp³-hybridized carbons (Fsp3) is 0.353. The second kappa shape index (κ2) is 5.53. The van der Waals surface area contributed by atoms with Gasteiger partial charge in [0.2, 0.25) is 11.8 Å². The van der Waals surface area contributed by atoms with Crippen molar-refractivity contribution in [3.8, 4) is 0 Å². The van der Waals surface area contributed by atoms with E-state index in [0.29, 0.717) is 17.9 Å². The summed E-state index contributed by atoms with van der Waals surface area (Å²) in [4.78, 5) is 26.4. The second-order valence-electron chi connectivity index (χ2n) is 5.92. The van der Waals surface area contributed by atoms with Gasteiger partial charge in [-0.3, -0.25) is 14.5 Å². The first-order chi connectivity index (χ1) is 10.9. The summed E-state index contributed by atoms with van der Waals surface area (Å²) in [7, 11) is 0. The van der Waals surface area contributed by atoms with Crippen molar-refractivity contribution in [2.75, 3.05) is 4.90 Å². The van der Waals surface area contributed by atoms with Crippen molar-refractivity contribution in [3.05, 3.63) is 46.8 Å². The number of rotatable bonds is 3. The number of para-hydroxylation sites is 1. The van der Waals surface area contributed by atoms with Crippen molar-refractivity contribution in [3.63, 3.8) is 0 Å². The summed E-state index contributed by atoms with van der Waals surface area (Å²) in [5.74, 6) is -0.519. The lowest BCUT2D eigenvalue weighted by Crippen LogP contribution is -2.47. The molecule has 0 aliphatic carbocycles. The summed E-state index contributed by atoms with van der Waals surface area (Å²) in [6.45, 7) is 5.38. The van der Waals surface area contributed by atoms with Gasteiger partial charge in [-0.25, -0.2) is 0 Å². The Morgan fingerprint density at radius 3 is 2.65 bits per heavy atom. The highest BCUT2D eigenvalue weighted by atomic mass is 16.5. The van der Waals surface area contributed by atoms with Crippen LogP contribution in [0.25, 0.3) is 0 Å². The van der Waals surface area contributed by atoms with Gasteiger partial charge in [-0.05, 0) is 32.4 Å². The molecule has 0 radical (unpaired) electrons. The predicted molar refractivity (Wildman–Crippen MR) is 85.0 cm³/mol. The van der Waals surface area contributed by atoms with Crippen LogP contribution in [0, 0.1) is 13.8 Å². The van der Waals surface area contributed by atoms with Gasteiger partial charge in [0.15, 0.2) is 0 Å². The van der Waals surface area contributed by atoms with Crippen molar-refractivity contribution in [2.45, 2.75) is 39.2 Å². The molecule has 0 spiro atoms. The molecule has 0 unspecified atom stereocenters. The van der Waals surface area contributed by atoms with E-state index in [4.69, 9.17) is 10.3 Å². The molecule has 2 amide bonds. The number of aromatic nitrogens is 1. The number of anilines is 1. The maximum Gasteiger partial charge on any atom is 0.240 e. The number of fused-ring (bicyclic) bond motifs is 1. The van der Waals surface area contributed by atoms with E-state index >= 15 is 0 Å². The Morgan fingerprint density at radius 1 is 1.35 bits per heavy atom. The van der Waals surface area contributed by atoms with E-state index in [1.807, 2.05) is 24.3 Å². The van der Waals surface area contributed by atoms with Gasteiger partial charge in [-0.2, -0.15) is 0 Å². The maximum absolute atomic E-state index is 13.1. The SMILES string of the molecule is Cc1noc(C)c1[C@@H](C)C(=O)N1c2ccccc2C[C@H]1C(N)=O. The zero-order chi connectivity index (χ0) is 16.7. The predicted octanol–water partition coefficient (Wildman–Crippen LogP) is 1.84. The van der Waals surface area contributed by atoms with Gasteiger partial charge >= 0.3 is 0 Å². The van der Waals surface area contributed by atoms with Crippen LogP contribution in [0.2, 0.25) is 0 Å². The third-order valence-electron chi connectivity index (χ3n) is 4.43. The highest BCUT2D eigenvalue weighted by molar-refractivity contribution is 6.05. The van der Waals surface area contributed by atoms with Gasteiger partial charge in [0, 0.05) is 17.7 Å². The Labute approximate surface area is 134 Å². The van der Waals surface area contributed by atoms with E-state index in [2.05, 4.69) is 5.16 Å². The zero-order valence-electron chi connectivity index (χ0n) is 13.4. The van der Waals surface area contributed by atoms with E-state index in [9.17, 15) is 9.59 Å². The summed E-state index contributed by atoms with van der Waals surface area (Å²) in [5.41, 5.74) is 8.68. The van der Waals surface area contributed by atoms with E-state index in [0.717, 1.165) is 16.8 Å². The zero-order valence-corrected chi connectivity index (χ0v) is 13.4. The minimum atomic E-state index is -0.650. The molecule has 1 aromatic carbocycles. The third kappa shape index (κ3) is 2.40. The number of amides is 2. The molecule has 2 aromatic rings. The Hall–Kier alpha value is -2.63. The minimum Gasteiger partial charge on any atom is -0.368 e. The number of nitrogens with two attached hydrogens (primary N) is 1. The highest BCUT2D eigenvalue weighted by Gasteiger charge is 2.40. The molecule has 2 atom stereocenters. The lowest BCUT2D eigenvalue weighted by Gasteiger charge is -2.26. The van der Waals surface area contributed by atoms with Crippen molar-refractivity contribution in [1.29, 1.82) is 0 Å². The molecule has 1 aromatic heterocycles. The molecule has 0 fully saturated rings. The molecular weight excluding hydrogens is 294 g/mol. The fourth-order valence-electron chi connectivity index (χ4n) is 3.33. The summed E-state index contributed by atoms with van der Waals surface area (Å²) in [6, 6.07) is 6.85. The lowest BCUT2D eigenvalue weighted by atomic mass is 9.97. The van der Waals surface area contributed by atoms with Gasteiger partial charge in [-0.1, -0.05) is 23.4 Å². The maximum atomic E-state index is 13.1. The van der Waals surface area contributed by atoms with Crippen LogP contribution in [0.4, 0.5) is 5.69 Å². The Balaban J connectivity index is 2.01. The first-order valence-corrected chi connectivity index (χ1v) is 7.55. The van der Waals surface area contributed by atoms with Crippen LogP contribution in [-0.2, 0) is 16.0 Å². The molecule has 0 saturated carbocycles. The third-order valence-corrected chi connectivity index (χ3v) is 4.43. The molecule has 0 bridgehead atoms. The molecule has 6 heteroatoms. The number of nitrogens with zero attached hydrogens (tertiary/aromatic N) is 2. The van der Waals surface area contributed by atoms with E-state index in [-0.39, 0.29) is 5.91 Å². The number of aryl methyl sites for hydroxylation is 2. The standard InChI is InChI=1S/C17H19N3O3/c1-9(15-10(2)19-23-11(15)3)17(22)20-13-7-5-4-6-12(13)8-14(20)16(18)21/h4-7,9,14H,8H2,1-3H3,(H2,18,21)/t9-,14+/m1/s1. The van der Waals surface area contributed by atoms with Gasteiger partial charge < -0.3 is 10.3 Å². The van der Waals surface area contributed by atoms with Gasteiger partial charge in [0.05, 0.1) is 11.6 Å². The molecule has 0 saturated heterocycles. The van der Waals surface area contributed by atoms with Crippen LogP contribution in [-0.4, -0.2) is 23.0 Å². The first kappa shape index (κ1) is 15.3. The van der Waals surface area contributed by atoms with E-state index < -0.39 is 17.9 Å². The van der Waals surface area contributed by atoms with Gasteiger partial charge in [0.25, 0.3) is 0 Å². The quantitative estimate of drug-likeness (QED) is 0.936. The van der Waals surface area contributed by atoms with Crippen molar-refractivity contribution in [2.24, 2.45) is 5.73 Å². The highest BCUT2D eigenvalue weighted by Crippen LogP contribution is 2.35. The summed E-state index contributed by atoms with van der Waals surface area (Å²) in [6.07, 6.45) is 0.450. The largest absolute Gasteiger partial charge is 0.368 e. The molecule has 23 heavy (non-hydrogen) atoms. The first-order valence-electron chi connectivity index (χ1n) is 7.55. The van der Waals surface area contributed by atoms with Crippen molar-refractivity contribution < 1.29 is 14.1 Å². The number of benzene rings is 1. The van der Waals surface area contributed by atoms with Crippen LogP contribution in [0.1, 0.15) is 35.4 Å². The average Bonchev–Trinajstić information content (AvgIpc) is 3.06. The van der Waals surface area contributed by atoms with Crippen molar-refractivity contribution >= 4 is 17.5 Å². The van der Waals surface area contributed by atoms with E-state index in [1.165, 1.54) is 4.90 Å².